The Morgan fingerprint density at radius 2 is 2.10 bits per heavy atom. The van der Waals surface area contributed by atoms with Crippen molar-refractivity contribution in [2.75, 3.05) is 0 Å². The second-order valence-corrected chi connectivity index (χ2v) is 4.10. The van der Waals surface area contributed by atoms with Gasteiger partial charge in [0.25, 0.3) is 0 Å². The van der Waals surface area contributed by atoms with Crippen molar-refractivity contribution in [3.63, 3.8) is 0 Å². The van der Waals surface area contributed by atoms with Crippen LogP contribution >= 0.6 is 11.6 Å². The molecule has 0 heterocycles. The Hall–Kier alpha value is -0.0100. The van der Waals surface area contributed by atoms with Crippen LogP contribution in [0.1, 0.15) is 20.3 Å². The molecule has 1 aliphatic rings. The summed E-state index contributed by atoms with van der Waals surface area (Å²) in [7, 11) is 0. The number of aliphatic hydroxyl groups excluding tert-OH is 1. The van der Waals surface area contributed by atoms with Crippen molar-refractivity contribution < 1.29 is 5.11 Å². The van der Waals surface area contributed by atoms with E-state index in [0.717, 1.165) is 6.42 Å². The minimum Gasteiger partial charge on any atom is -0.388 e. The zero-order valence-corrected chi connectivity index (χ0v) is 7.10. The lowest BCUT2D eigenvalue weighted by molar-refractivity contribution is 0.0785. The number of hydrogen-bond donors (Lipinski definition) is 1. The molecular formula is C8H13ClO. The van der Waals surface area contributed by atoms with Crippen molar-refractivity contribution in [3.8, 4) is 0 Å². The number of hydrogen-bond acceptors (Lipinski definition) is 1. The molecule has 0 amide bonds. The van der Waals surface area contributed by atoms with Crippen LogP contribution in [0, 0.1) is 5.41 Å². The molecule has 0 aromatic carbocycles. The van der Waals surface area contributed by atoms with Crippen molar-refractivity contribution in [1.29, 1.82) is 0 Å². The molecule has 2 heteroatoms. The summed E-state index contributed by atoms with van der Waals surface area (Å²) in [6.45, 7) is 4.05. The second-order valence-electron chi connectivity index (χ2n) is 3.54. The van der Waals surface area contributed by atoms with Gasteiger partial charge in [0, 0.05) is 0 Å². The number of allylic oxidation sites excluding steroid dienone is 1. The fourth-order valence-corrected chi connectivity index (χ4v) is 1.66. The summed E-state index contributed by atoms with van der Waals surface area (Å²) in [5.41, 5.74) is -0.0544. The van der Waals surface area contributed by atoms with E-state index in [1.165, 1.54) is 0 Å². The van der Waals surface area contributed by atoms with Gasteiger partial charge in [-0.2, -0.15) is 0 Å². The largest absolute Gasteiger partial charge is 0.388 e. The van der Waals surface area contributed by atoms with Crippen LogP contribution in [0.15, 0.2) is 12.2 Å². The number of halogens is 1. The first-order valence-electron chi connectivity index (χ1n) is 3.53. The fourth-order valence-electron chi connectivity index (χ4n) is 1.18. The van der Waals surface area contributed by atoms with Crippen molar-refractivity contribution in [2.45, 2.75) is 31.7 Å². The van der Waals surface area contributed by atoms with E-state index in [2.05, 4.69) is 0 Å². The average Bonchev–Trinajstić information content (AvgIpc) is 1.78. The molecule has 1 rings (SSSR count). The maximum Gasteiger partial charge on any atom is 0.0772 e. The predicted octanol–water partition coefficient (Wildman–Crippen LogP) is 1.94. The standard InChI is InChI=1S/C8H13ClO/c1-8(2)5-6(9)3-4-7(8)10/h3-4,6-7,10H,5H2,1-2H3/t6-,7+/m1/s1. The molecule has 0 unspecified atom stereocenters. The van der Waals surface area contributed by atoms with Crippen molar-refractivity contribution in [1.82, 2.24) is 0 Å². The number of aliphatic hydroxyl groups is 1. The summed E-state index contributed by atoms with van der Waals surface area (Å²) in [5.74, 6) is 0. The van der Waals surface area contributed by atoms with Gasteiger partial charge in [-0.25, -0.2) is 0 Å². The molecular weight excluding hydrogens is 148 g/mol. The van der Waals surface area contributed by atoms with Gasteiger partial charge in [-0.1, -0.05) is 26.0 Å². The monoisotopic (exact) mass is 160 g/mol. The van der Waals surface area contributed by atoms with Crippen LogP contribution in [0.4, 0.5) is 0 Å². The fraction of sp³-hybridized carbons (Fsp3) is 0.750. The van der Waals surface area contributed by atoms with E-state index in [9.17, 15) is 5.11 Å². The first-order chi connectivity index (χ1) is 4.52. The Bertz CT molecular complexity index is 151. The van der Waals surface area contributed by atoms with Crippen molar-refractivity contribution in [3.05, 3.63) is 12.2 Å². The molecule has 0 radical (unpaired) electrons. The van der Waals surface area contributed by atoms with Crippen LogP contribution < -0.4 is 0 Å². The van der Waals surface area contributed by atoms with Gasteiger partial charge in [0.1, 0.15) is 0 Å². The smallest absolute Gasteiger partial charge is 0.0772 e. The molecule has 10 heavy (non-hydrogen) atoms. The summed E-state index contributed by atoms with van der Waals surface area (Å²) in [5, 5.41) is 9.51. The van der Waals surface area contributed by atoms with E-state index >= 15 is 0 Å². The first kappa shape index (κ1) is 8.09. The van der Waals surface area contributed by atoms with Crippen LogP contribution in [-0.4, -0.2) is 16.6 Å². The van der Waals surface area contributed by atoms with E-state index in [1.54, 1.807) is 6.08 Å². The molecule has 0 saturated carbocycles. The molecule has 0 spiro atoms. The predicted molar refractivity (Wildman–Crippen MR) is 43.2 cm³/mol. The highest BCUT2D eigenvalue weighted by Gasteiger charge is 2.31. The van der Waals surface area contributed by atoms with Gasteiger partial charge in [0.2, 0.25) is 0 Å². The Morgan fingerprint density at radius 1 is 1.50 bits per heavy atom. The third-order valence-electron chi connectivity index (χ3n) is 2.02. The molecule has 0 bridgehead atoms. The van der Waals surface area contributed by atoms with Crippen LogP contribution in [0.2, 0.25) is 0 Å². The Kier molecular flexibility index (Phi) is 2.07. The lowest BCUT2D eigenvalue weighted by atomic mass is 9.78. The highest BCUT2D eigenvalue weighted by Crippen LogP contribution is 2.33. The lowest BCUT2D eigenvalue weighted by Gasteiger charge is -2.33. The molecule has 0 fully saturated rings. The molecule has 0 aliphatic heterocycles. The van der Waals surface area contributed by atoms with Gasteiger partial charge >= 0.3 is 0 Å². The minimum atomic E-state index is -0.331. The normalized spacial score (nSPS) is 38.0. The van der Waals surface area contributed by atoms with E-state index in [4.69, 9.17) is 11.6 Å². The van der Waals surface area contributed by atoms with E-state index < -0.39 is 0 Å². The van der Waals surface area contributed by atoms with Crippen LogP contribution in [0.25, 0.3) is 0 Å². The van der Waals surface area contributed by atoms with Gasteiger partial charge in [-0.15, -0.1) is 11.6 Å². The van der Waals surface area contributed by atoms with Crippen molar-refractivity contribution >= 4 is 11.6 Å². The Balaban J connectivity index is 2.72. The average molecular weight is 161 g/mol. The van der Waals surface area contributed by atoms with Gasteiger partial charge in [0.05, 0.1) is 11.5 Å². The third-order valence-corrected chi connectivity index (χ3v) is 2.32. The van der Waals surface area contributed by atoms with Gasteiger partial charge < -0.3 is 5.11 Å². The number of rotatable bonds is 0. The summed E-state index contributed by atoms with van der Waals surface area (Å²) in [4.78, 5) is 0. The summed E-state index contributed by atoms with van der Waals surface area (Å²) >= 11 is 5.87. The Morgan fingerprint density at radius 3 is 2.50 bits per heavy atom. The zero-order valence-electron chi connectivity index (χ0n) is 6.34. The molecule has 0 aromatic heterocycles. The summed E-state index contributed by atoms with van der Waals surface area (Å²) in [6.07, 6.45) is 4.16. The quantitative estimate of drug-likeness (QED) is 0.424. The zero-order chi connectivity index (χ0) is 7.78. The molecule has 0 aromatic rings. The van der Waals surface area contributed by atoms with E-state index in [0.29, 0.717) is 0 Å². The minimum absolute atomic E-state index is 0.0544. The first-order valence-corrected chi connectivity index (χ1v) is 3.96. The van der Waals surface area contributed by atoms with Crippen LogP contribution in [-0.2, 0) is 0 Å². The van der Waals surface area contributed by atoms with Gasteiger partial charge in [0.15, 0.2) is 0 Å². The molecule has 2 atom stereocenters. The van der Waals surface area contributed by atoms with Gasteiger partial charge in [-0.3, -0.25) is 0 Å². The van der Waals surface area contributed by atoms with E-state index in [-0.39, 0.29) is 16.9 Å². The van der Waals surface area contributed by atoms with Crippen molar-refractivity contribution in [2.24, 2.45) is 5.41 Å². The second kappa shape index (κ2) is 2.55. The highest BCUT2D eigenvalue weighted by atomic mass is 35.5. The van der Waals surface area contributed by atoms with Crippen LogP contribution in [0.3, 0.4) is 0 Å². The SMILES string of the molecule is CC1(C)C[C@H](Cl)C=C[C@@H]1O. The number of alkyl halides is 1. The highest BCUT2D eigenvalue weighted by molar-refractivity contribution is 6.21. The molecule has 1 N–H and O–H groups in total. The Labute approximate surface area is 66.7 Å². The molecule has 0 saturated heterocycles. The lowest BCUT2D eigenvalue weighted by Crippen LogP contribution is -2.33. The molecule has 1 aliphatic carbocycles. The third kappa shape index (κ3) is 1.53. The molecule has 1 nitrogen and oxygen atoms in total. The summed E-state index contributed by atoms with van der Waals surface area (Å²) in [6, 6.07) is 0. The van der Waals surface area contributed by atoms with E-state index in [1.807, 2.05) is 19.9 Å². The maximum atomic E-state index is 9.41. The maximum absolute atomic E-state index is 9.41. The topological polar surface area (TPSA) is 20.2 Å². The summed E-state index contributed by atoms with van der Waals surface area (Å²) < 4.78 is 0. The van der Waals surface area contributed by atoms with Gasteiger partial charge in [-0.05, 0) is 11.8 Å². The molecule has 58 valence electrons. The van der Waals surface area contributed by atoms with Crippen LogP contribution in [0.5, 0.6) is 0 Å².